The Kier molecular flexibility index (Phi) is 13.6. The summed E-state index contributed by atoms with van der Waals surface area (Å²) in [6.45, 7) is 12.7. The zero-order valence-electron chi connectivity index (χ0n) is 39.6. The van der Waals surface area contributed by atoms with Crippen molar-refractivity contribution in [1.82, 2.24) is 50.3 Å². The molecular formula is C48H64N10O7S. The van der Waals surface area contributed by atoms with Gasteiger partial charge in [-0.1, -0.05) is 33.8 Å². The molecule has 0 spiro atoms. The van der Waals surface area contributed by atoms with Gasteiger partial charge in [-0.15, -0.1) is 11.3 Å². The van der Waals surface area contributed by atoms with Crippen LogP contribution in [-0.4, -0.2) is 149 Å². The minimum Gasteiger partial charge on any atom is -0.464 e. The maximum Gasteiger partial charge on any atom is 0.324 e. The van der Waals surface area contributed by atoms with Crippen LogP contribution in [0.5, 0.6) is 0 Å². The highest BCUT2D eigenvalue weighted by Gasteiger charge is 2.42. The van der Waals surface area contributed by atoms with Crippen molar-refractivity contribution in [3.8, 4) is 22.5 Å². The van der Waals surface area contributed by atoms with E-state index in [0.717, 1.165) is 44.7 Å². The number of pyridine rings is 1. The lowest BCUT2D eigenvalue weighted by Gasteiger charge is -2.42. The minimum absolute atomic E-state index is 0.0802. The Morgan fingerprint density at radius 2 is 1.88 bits per heavy atom. The fourth-order valence-corrected chi connectivity index (χ4v) is 10.6. The molecule has 5 atom stereocenters. The molecule has 4 aromatic rings. The number of rotatable bonds is 10. The largest absolute Gasteiger partial charge is 0.464 e. The number of esters is 1. The summed E-state index contributed by atoms with van der Waals surface area (Å²) < 4.78 is 14.1. The molecule has 1 aromatic carbocycles. The molecular weight excluding hydrogens is 861 g/mol. The van der Waals surface area contributed by atoms with Gasteiger partial charge in [-0.05, 0) is 61.9 Å². The Labute approximate surface area is 390 Å². The van der Waals surface area contributed by atoms with Crippen molar-refractivity contribution in [3.05, 3.63) is 58.2 Å². The number of amides is 5. The van der Waals surface area contributed by atoms with E-state index in [2.05, 4.69) is 59.7 Å². The average molecular weight is 925 g/mol. The van der Waals surface area contributed by atoms with Gasteiger partial charge in [0.1, 0.15) is 18.1 Å². The van der Waals surface area contributed by atoms with Crippen molar-refractivity contribution in [2.45, 2.75) is 90.6 Å². The van der Waals surface area contributed by atoms with Gasteiger partial charge in [0, 0.05) is 112 Å². The van der Waals surface area contributed by atoms with Crippen molar-refractivity contribution in [3.63, 3.8) is 0 Å². The highest BCUT2D eigenvalue weighted by Crippen LogP contribution is 2.41. The van der Waals surface area contributed by atoms with Crippen LogP contribution in [0.3, 0.4) is 0 Å². The molecule has 8 rings (SSSR count). The number of aryl methyl sites for hydroxylation is 1. The lowest BCUT2D eigenvalue weighted by atomic mass is 9.84. The average Bonchev–Trinajstić information content (AvgIpc) is 3.98. The number of fused-ring (bicyclic) bond motifs is 6. The highest BCUT2D eigenvalue weighted by molar-refractivity contribution is 7.10. The van der Waals surface area contributed by atoms with Crippen LogP contribution < -0.4 is 16.1 Å². The number of urea groups is 1. The van der Waals surface area contributed by atoms with Crippen LogP contribution in [0.2, 0.25) is 0 Å². The van der Waals surface area contributed by atoms with E-state index in [1.54, 1.807) is 32.3 Å². The molecule has 18 heteroatoms. The van der Waals surface area contributed by atoms with E-state index >= 15 is 0 Å². The van der Waals surface area contributed by atoms with Crippen molar-refractivity contribution in [1.29, 1.82) is 0 Å². The Balaban J connectivity index is 1.10. The molecule has 3 saturated heterocycles. The quantitative estimate of drug-likeness (QED) is 0.153. The van der Waals surface area contributed by atoms with Crippen LogP contribution in [-0.2, 0) is 48.5 Å². The molecule has 6 bridgehead atoms. The third-order valence-corrected chi connectivity index (χ3v) is 14.3. The van der Waals surface area contributed by atoms with Crippen LogP contribution in [0.25, 0.3) is 33.4 Å². The lowest BCUT2D eigenvalue weighted by Crippen LogP contribution is -2.62. The third kappa shape index (κ3) is 9.69. The second-order valence-electron chi connectivity index (χ2n) is 19.6. The molecule has 4 aliphatic rings. The molecule has 0 radical (unpaired) electrons. The van der Waals surface area contributed by atoms with Gasteiger partial charge < -0.3 is 39.4 Å². The van der Waals surface area contributed by atoms with E-state index in [9.17, 15) is 24.0 Å². The van der Waals surface area contributed by atoms with E-state index in [0.29, 0.717) is 57.0 Å². The Morgan fingerprint density at radius 3 is 2.59 bits per heavy atom. The minimum atomic E-state index is -1.08. The fraction of sp³-hybridized carbons (Fsp3) is 0.562. The van der Waals surface area contributed by atoms with Crippen LogP contribution in [0, 0.1) is 17.3 Å². The van der Waals surface area contributed by atoms with Crippen molar-refractivity contribution < 1.29 is 33.4 Å². The second kappa shape index (κ2) is 19.1. The van der Waals surface area contributed by atoms with E-state index in [1.807, 2.05) is 43.2 Å². The van der Waals surface area contributed by atoms with Gasteiger partial charge >= 0.3 is 12.0 Å². The van der Waals surface area contributed by atoms with E-state index in [-0.39, 0.29) is 48.9 Å². The predicted molar refractivity (Wildman–Crippen MR) is 251 cm³/mol. The first kappa shape index (κ1) is 47.1. The number of ether oxygens (including phenoxy) is 2. The van der Waals surface area contributed by atoms with E-state index in [1.165, 1.54) is 21.2 Å². The standard InChI is InChI=1S/C48H64N10O7S/c1-27(2)41(56(8)47(63)54(6)22-29-23-57(24-29)44(60)36-21-50-36)43(59)52-35-19-39-51-37(25-66-39)30-14-15-38-32(18-30)33(42(55(38)7)31-12-10-16-49-40(31)28(3)64-9)20-48(4,5)26-65-46(62)34-13-11-17-58(53-34)45(35)61/h10,12,14-16,18,25,27-29,34-36,41,50,53H,11,13,17,19-24,26H2,1-9H3,(H,52,59)/t28-,34-,35-,36-,41-/m0/s1. The number of likely N-dealkylation sites (N-methyl/N-ethyl adjacent to an activating group) is 1. The highest BCUT2D eigenvalue weighted by atomic mass is 32.1. The number of methoxy groups -OCH3 is 1. The Hall–Kier alpha value is -5.43. The van der Waals surface area contributed by atoms with E-state index < -0.39 is 41.3 Å². The zero-order chi connectivity index (χ0) is 47.2. The molecule has 4 aliphatic heterocycles. The van der Waals surface area contributed by atoms with Gasteiger partial charge in [0.25, 0.3) is 5.91 Å². The topological polar surface area (TPSA) is 193 Å². The van der Waals surface area contributed by atoms with Gasteiger partial charge in [-0.3, -0.25) is 29.2 Å². The molecule has 3 N–H and O–H groups in total. The predicted octanol–water partition coefficient (Wildman–Crippen LogP) is 4.16. The monoisotopic (exact) mass is 924 g/mol. The lowest BCUT2D eigenvalue weighted by molar-refractivity contribution is -0.155. The normalized spacial score (nSPS) is 22.0. The number of aromatic nitrogens is 3. The second-order valence-corrected chi connectivity index (χ2v) is 20.6. The summed E-state index contributed by atoms with van der Waals surface area (Å²) in [4.78, 5) is 83.9. The van der Waals surface area contributed by atoms with Crippen molar-refractivity contribution in [2.24, 2.45) is 24.3 Å². The Morgan fingerprint density at radius 1 is 1.12 bits per heavy atom. The molecule has 5 amide bonds. The van der Waals surface area contributed by atoms with E-state index in [4.69, 9.17) is 19.4 Å². The number of carbonyl (C=O) groups excluding carboxylic acids is 5. The first-order valence-electron chi connectivity index (χ1n) is 23.0. The number of hydrazine groups is 1. The number of cyclic esters (lactones) is 1. The number of thiazole rings is 1. The third-order valence-electron chi connectivity index (χ3n) is 13.4. The maximum absolute atomic E-state index is 14.6. The zero-order valence-corrected chi connectivity index (χ0v) is 40.4. The molecule has 3 fully saturated rings. The smallest absolute Gasteiger partial charge is 0.324 e. The van der Waals surface area contributed by atoms with Crippen molar-refractivity contribution in [2.75, 3.05) is 60.5 Å². The maximum atomic E-state index is 14.6. The Bertz CT molecular complexity index is 2490. The number of nitrogens with zero attached hydrogens (tertiary/aromatic N) is 7. The molecule has 354 valence electrons. The van der Waals surface area contributed by atoms with Gasteiger partial charge in [-0.25, -0.2) is 15.2 Å². The molecule has 7 heterocycles. The number of carbonyl (C=O) groups is 5. The molecule has 0 aliphatic carbocycles. The fourth-order valence-electron chi connectivity index (χ4n) is 9.72. The molecule has 0 saturated carbocycles. The number of benzene rings is 1. The van der Waals surface area contributed by atoms with Crippen LogP contribution in [0.4, 0.5) is 4.79 Å². The first-order valence-corrected chi connectivity index (χ1v) is 23.9. The molecule has 3 aromatic heterocycles. The van der Waals surface area contributed by atoms with Crippen LogP contribution in [0.15, 0.2) is 41.9 Å². The number of hydrogen-bond donors (Lipinski definition) is 3. The number of nitrogens with one attached hydrogen (secondary N) is 3. The summed E-state index contributed by atoms with van der Waals surface area (Å²) >= 11 is 1.41. The van der Waals surface area contributed by atoms with Gasteiger partial charge in [-0.2, -0.15) is 0 Å². The van der Waals surface area contributed by atoms with Crippen LogP contribution >= 0.6 is 11.3 Å². The summed E-state index contributed by atoms with van der Waals surface area (Å²) in [5, 5.41) is 11.1. The summed E-state index contributed by atoms with van der Waals surface area (Å²) in [5.74, 6) is -1.42. The summed E-state index contributed by atoms with van der Waals surface area (Å²) in [5.41, 5.74) is 9.15. The van der Waals surface area contributed by atoms with Gasteiger partial charge in [0.2, 0.25) is 11.8 Å². The summed E-state index contributed by atoms with van der Waals surface area (Å²) in [6, 6.07) is 7.12. The molecule has 66 heavy (non-hydrogen) atoms. The van der Waals surface area contributed by atoms with Crippen molar-refractivity contribution >= 4 is 52.0 Å². The molecule has 17 nitrogen and oxygen atoms in total. The van der Waals surface area contributed by atoms with Crippen LogP contribution in [0.1, 0.15) is 69.8 Å². The summed E-state index contributed by atoms with van der Waals surface area (Å²) in [7, 11) is 7.04. The van der Waals surface area contributed by atoms with Gasteiger partial charge in [0.15, 0.2) is 0 Å². The SMILES string of the molecule is CO[C@@H](C)c1ncccc1-c1c2c3cc(ccc3n1C)-c1csc(n1)C[C@H](NC(=O)[C@H](C(C)C)N(C)C(=O)N(C)CC1CN(C(=O)[C@@H]3CN3)C1)C(=O)N1CCC[C@H](N1)C(=O)OCC(C)(C)C2. The molecule has 0 unspecified atom stereocenters. The van der Waals surface area contributed by atoms with Gasteiger partial charge in [0.05, 0.1) is 40.8 Å². The first-order chi connectivity index (χ1) is 31.4. The number of likely N-dealkylation sites (tertiary alicyclic amines) is 1. The number of hydrogen-bond acceptors (Lipinski definition) is 12. The summed E-state index contributed by atoms with van der Waals surface area (Å²) in [6.07, 6.45) is 3.19.